The van der Waals surface area contributed by atoms with E-state index in [2.05, 4.69) is 68.6 Å². The van der Waals surface area contributed by atoms with Crippen LogP contribution in [0.5, 0.6) is 5.75 Å². The highest BCUT2D eigenvalue weighted by molar-refractivity contribution is 5.99. The molecule has 1 atom stereocenters. The second-order valence-electron chi connectivity index (χ2n) is 10.1. The molecule has 0 N–H and O–H groups in total. The predicted molar refractivity (Wildman–Crippen MR) is 142 cm³/mol. The molecule has 5 nitrogen and oxygen atoms in total. The summed E-state index contributed by atoms with van der Waals surface area (Å²) in [6, 6.07) is 19.0. The summed E-state index contributed by atoms with van der Waals surface area (Å²) in [4.78, 5) is 19.1. The number of esters is 1. The second kappa shape index (κ2) is 8.56. The average molecular weight is 469 g/mol. The van der Waals surface area contributed by atoms with Crippen molar-refractivity contribution in [1.82, 2.24) is 0 Å². The van der Waals surface area contributed by atoms with E-state index < -0.39 is 5.72 Å². The van der Waals surface area contributed by atoms with E-state index in [4.69, 9.17) is 14.5 Å². The number of fused-ring (bicyclic) bond motifs is 4. The molecule has 1 unspecified atom stereocenters. The molecule has 0 saturated carbocycles. The van der Waals surface area contributed by atoms with Crippen molar-refractivity contribution in [2.45, 2.75) is 51.7 Å². The fourth-order valence-electron chi connectivity index (χ4n) is 5.25. The van der Waals surface area contributed by atoms with E-state index in [1.807, 2.05) is 24.4 Å². The van der Waals surface area contributed by atoms with Crippen LogP contribution in [0.25, 0.3) is 10.8 Å². The number of unbranched alkanes of at least 4 members (excludes halogenated alkanes) is 1. The number of benzene rings is 3. The Kier molecular flexibility index (Phi) is 5.66. The van der Waals surface area contributed by atoms with Crippen molar-refractivity contribution < 1.29 is 14.3 Å². The van der Waals surface area contributed by atoms with Gasteiger partial charge in [0.25, 0.3) is 0 Å². The minimum Gasteiger partial charge on any atom is -0.462 e. The van der Waals surface area contributed by atoms with Crippen molar-refractivity contribution in [3.05, 3.63) is 77.9 Å². The zero-order chi connectivity index (χ0) is 24.8. The molecule has 2 heterocycles. The third-order valence-corrected chi connectivity index (χ3v) is 7.27. The topological polar surface area (TPSA) is 51.1 Å². The Labute approximate surface area is 207 Å². The molecule has 2 aliphatic heterocycles. The highest BCUT2D eigenvalue weighted by atomic mass is 16.5. The predicted octanol–water partition coefficient (Wildman–Crippen LogP) is 6.64. The number of hydrogen-bond acceptors (Lipinski definition) is 5. The van der Waals surface area contributed by atoms with Crippen LogP contribution in [0.15, 0.2) is 71.7 Å². The highest BCUT2D eigenvalue weighted by Gasteiger charge is 2.59. The first kappa shape index (κ1) is 23.2. The van der Waals surface area contributed by atoms with Crippen LogP contribution in [0, 0.1) is 6.92 Å². The number of hydrogen-bond donors (Lipinski definition) is 0. The van der Waals surface area contributed by atoms with Crippen LogP contribution in [0.2, 0.25) is 0 Å². The van der Waals surface area contributed by atoms with E-state index in [-0.39, 0.29) is 11.4 Å². The maximum absolute atomic E-state index is 11.7. The summed E-state index contributed by atoms with van der Waals surface area (Å²) < 4.78 is 12.2. The van der Waals surface area contributed by atoms with Gasteiger partial charge in [0, 0.05) is 23.2 Å². The summed E-state index contributed by atoms with van der Waals surface area (Å²) in [5.74, 6) is 0.459. The number of aryl methyl sites for hydroxylation is 1. The van der Waals surface area contributed by atoms with Gasteiger partial charge in [-0.1, -0.05) is 54.6 Å². The molecule has 5 rings (SSSR count). The van der Waals surface area contributed by atoms with Gasteiger partial charge >= 0.3 is 5.97 Å². The number of carbonyl (C=O) groups excluding carboxylic acids is 1. The summed E-state index contributed by atoms with van der Waals surface area (Å²) in [6.07, 6.45) is 3.60. The molecule has 35 heavy (non-hydrogen) atoms. The summed E-state index contributed by atoms with van der Waals surface area (Å²) in [5, 5.41) is 2.24. The molecule has 0 amide bonds. The largest absolute Gasteiger partial charge is 0.462 e. The van der Waals surface area contributed by atoms with Gasteiger partial charge in [-0.15, -0.1) is 0 Å². The lowest BCUT2D eigenvalue weighted by molar-refractivity contribution is -0.139. The minimum atomic E-state index is -0.757. The van der Waals surface area contributed by atoms with Crippen LogP contribution in [0.4, 0.5) is 11.4 Å². The van der Waals surface area contributed by atoms with Crippen LogP contribution >= 0.6 is 0 Å². The number of ether oxygens (including phenoxy) is 2. The lowest BCUT2D eigenvalue weighted by Gasteiger charge is -2.46. The van der Waals surface area contributed by atoms with Crippen molar-refractivity contribution in [3.8, 4) is 5.75 Å². The van der Waals surface area contributed by atoms with Gasteiger partial charge in [-0.2, -0.15) is 0 Å². The van der Waals surface area contributed by atoms with Gasteiger partial charge < -0.3 is 14.4 Å². The molecule has 5 heteroatoms. The molecule has 3 aromatic carbocycles. The summed E-state index contributed by atoms with van der Waals surface area (Å²) in [6.45, 7) is 13.0. The van der Waals surface area contributed by atoms with E-state index in [0.29, 0.717) is 12.2 Å². The molecule has 180 valence electrons. The van der Waals surface area contributed by atoms with Crippen LogP contribution in [0.3, 0.4) is 0 Å². The zero-order valence-electron chi connectivity index (χ0n) is 20.9. The van der Waals surface area contributed by atoms with Crippen LogP contribution in [-0.2, 0) is 14.9 Å². The lowest BCUT2D eigenvalue weighted by atomic mass is 9.77. The fourth-order valence-corrected chi connectivity index (χ4v) is 5.25. The van der Waals surface area contributed by atoms with E-state index in [0.717, 1.165) is 47.3 Å². The Morgan fingerprint density at radius 2 is 1.91 bits per heavy atom. The van der Waals surface area contributed by atoms with Crippen molar-refractivity contribution in [3.63, 3.8) is 0 Å². The number of carbonyl (C=O) groups is 1. The Hall–Kier alpha value is -3.60. The van der Waals surface area contributed by atoms with Crippen molar-refractivity contribution in [2.75, 3.05) is 18.1 Å². The molecular weight excluding hydrogens is 436 g/mol. The average Bonchev–Trinajstić information content (AvgIpc) is 3.01. The van der Waals surface area contributed by atoms with Gasteiger partial charge in [-0.25, -0.2) is 4.79 Å². The number of aliphatic imine (C=N–C) groups is 1. The van der Waals surface area contributed by atoms with Crippen LogP contribution < -0.4 is 9.64 Å². The summed E-state index contributed by atoms with van der Waals surface area (Å²) >= 11 is 0. The Balaban J connectivity index is 1.49. The maximum atomic E-state index is 11.7. The highest BCUT2D eigenvalue weighted by Crippen LogP contribution is 2.55. The Morgan fingerprint density at radius 3 is 2.71 bits per heavy atom. The maximum Gasteiger partial charge on any atom is 0.333 e. The number of rotatable bonds is 6. The smallest absolute Gasteiger partial charge is 0.333 e. The second-order valence-corrected chi connectivity index (χ2v) is 10.1. The van der Waals surface area contributed by atoms with E-state index in [9.17, 15) is 4.79 Å². The molecule has 0 saturated heterocycles. The van der Waals surface area contributed by atoms with Gasteiger partial charge in [0.2, 0.25) is 5.72 Å². The van der Waals surface area contributed by atoms with Crippen molar-refractivity contribution in [2.24, 2.45) is 4.99 Å². The molecule has 0 aromatic heterocycles. The first-order valence-electron chi connectivity index (χ1n) is 12.2. The zero-order valence-corrected chi connectivity index (χ0v) is 20.9. The van der Waals surface area contributed by atoms with Gasteiger partial charge in [-0.3, -0.25) is 4.99 Å². The first-order chi connectivity index (χ1) is 16.7. The normalized spacial score (nSPS) is 19.4. The molecule has 3 aromatic rings. The molecule has 0 fully saturated rings. The summed E-state index contributed by atoms with van der Waals surface area (Å²) in [5.41, 5.74) is 3.84. The Bertz CT molecular complexity index is 1360. The lowest BCUT2D eigenvalue weighted by Crippen LogP contribution is -2.62. The first-order valence-corrected chi connectivity index (χ1v) is 12.2. The third-order valence-electron chi connectivity index (χ3n) is 7.27. The van der Waals surface area contributed by atoms with Gasteiger partial charge in [0.05, 0.1) is 18.2 Å². The molecular formula is C30H32N2O3. The van der Waals surface area contributed by atoms with Gasteiger partial charge in [-0.05, 0) is 63.6 Å². The summed E-state index contributed by atoms with van der Waals surface area (Å²) in [7, 11) is 0. The fraction of sp³-hybridized carbons (Fsp3) is 0.333. The van der Waals surface area contributed by atoms with Crippen LogP contribution in [0.1, 0.15) is 44.7 Å². The Morgan fingerprint density at radius 1 is 1.11 bits per heavy atom. The minimum absolute atomic E-state index is 0.337. The third kappa shape index (κ3) is 3.70. The number of nitrogens with zero attached hydrogens (tertiary/aromatic N) is 2. The standard InChI is InChI=1S/C30H32N2O3/c1-20(2)28(33)34-17-9-8-16-32-25-14-12-21(3)18-24(25)29(4,5)30(32)19-31-27-23-11-7-6-10-22(23)13-15-26(27)35-30/h6-7,10-15,18-19H,1,8-9,16-17H2,2-5H3. The SMILES string of the molecule is C=C(C)C(=O)OCCCCN1c2ccc(C)cc2C(C)(C)C12C=Nc1c(ccc3ccccc13)O2. The molecule has 1 spiro atoms. The molecule has 0 aliphatic carbocycles. The van der Waals surface area contributed by atoms with Crippen molar-refractivity contribution >= 4 is 34.3 Å². The van der Waals surface area contributed by atoms with Crippen molar-refractivity contribution in [1.29, 1.82) is 0 Å². The molecule has 2 aliphatic rings. The van der Waals surface area contributed by atoms with E-state index >= 15 is 0 Å². The quantitative estimate of drug-likeness (QED) is 0.231. The van der Waals surface area contributed by atoms with Gasteiger partial charge in [0.15, 0.2) is 0 Å². The monoisotopic (exact) mass is 468 g/mol. The number of anilines is 1. The van der Waals surface area contributed by atoms with Crippen LogP contribution in [-0.4, -0.2) is 31.1 Å². The van der Waals surface area contributed by atoms with E-state index in [1.54, 1.807) is 6.92 Å². The van der Waals surface area contributed by atoms with Gasteiger partial charge in [0.1, 0.15) is 11.4 Å². The molecule has 0 bridgehead atoms. The van der Waals surface area contributed by atoms with E-state index in [1.165, 1.54) is 11.1 Å². The molecule has 0 radical (unpaired) electrons.